The van der Waals surface area contributed by atoms with E-state index in [9.17, 15) is 0 Å². The molecule has 0 aliphatic heterocycles. The zero-order chi connectivity index (χ0) is 19.8. The molecule has 0 saturated heterocycles. The SMILES string of the molecule is COc1ccc(-c2nc3nc4ccccc4nc3n2-c2ccc(OC)cc2)cc1. The van der Waals surface area contributed by atoms with Gasteiger partial charge in [0.2, 0.25) is 0 Å². The van der Waals surface area contributed by atoms with Crippen molar-refractivity contribution in [3.63, 3.8) is 0 Å². The van der Waals surface area contributed by atoms with Gasteiger partial charge in [0.05, 0.1) is 25.3 Å². The van der Waals surface area contributed by atoms with Crippen molar-refractivity contribution >= 4 is 22.3 Å². The average molecular weight is 382 g/mol. The summed E-state index contributed by atoms with van der Waals surface area (Å²) in [6.45, 7) is 0. The summed E-state index contributed by atoms with van der Waals surface area (Å²) in [6.07, 6.45) is 0. The zero-order valence-electron chi connectivity index (χ0n) is 16.0. The van der Waals surface area contributed by atoms with Crippen LogP contribution in [0.1, 0.15) is 0 Å². The fourth-order valence-corrected chi connectivity index (χ4v) is 3.37. The van der Waals surface area contributed by atoms with Crippen molar-refractivity contribution in [1.29, 1.82) is 0 Å². The normalized spacial score (nSPS) is 11.1. The van der Waals surface area contributed by atoms with Crippen molar-refractivity contribution in [3.8, 4) is 28.6 Å². The molecule has 2 heterocycles. The number of aromatic nitrogens is 4. The van der Waals surface area contributed by atoms with Gasteiger partial charge >= 0.3 is 0 Å². The minimum absolute atomic E-state index is 0.602. The standard InChI is InChI=1S/C23H18N4O2/c1-28-17-11-7-15(8-12-17)22-26-21-23(25-20-6-4-3-5-19(20)24-21)27(22)16-9-13-18(29-2)14-10-16/h3-14H,1-2H3. The molecule has 0 amide bonds. The number of nitrogens with zero attached hydrogens (tertiary/aromatic N) is 4. The van der Waals surface area contributed by atoms with Gasteiger partial charge in [0, 0.05) is 11.3 Å². The number of para-hydroxylation sites is 2. The second-order valence-electron chi connectivity index (χ2n) is 6.56. The number of hydrogen-bond donors (Lipinski definition) is 0. The lowest BCUT2D eigenvalue weighted by Crippen LogP contribution is -1.99. The summed E-state index contributed by atoms with van der Waals surface area (Å²) in [5.74, 6) is 2.35. The van der Waals surface area contributed by atoms with E-state index >= 15 is 0 Å². The van der Waals surface area contributed by atoms with Gasteiger partial charge in [-0.25, -0.2) is 15.0 Å². The third-order valence-corrected chi connectivity index (χ3v) is 4.85. The van der Waals surface area contributed by atoms with Gasteiger partial charge in [-0.05, 0) is 60.7 Å². The lowest BCUT2D eigenvalue weighted by Gasteiger charge is -2.10. The summed E-state index contributed by atoms with van der Waals surface area (Å²) in [5.41, 5.74) is 4.84. The van der Waals surface area contributed by atoms with Crippen LogP contribution in [-0.2, 0) is 0 Å². The highest BCUT2D eigenvalue weighted by Crippen LogP contribution is 2.30. The summed E-state index contributed by atoms with van der Waals surface area (Å²) in [5, 5.41) is 0. The molecule has 0 unspecified atom stereocenters. The lowest BCUT2D eigenvalue weighted by molar-refractivity contribution is 0.414. The van der Waals surface area contributed by atoms with E-state index in [2.05, 4.69) is 0 Å². The van der Waals surface area contributed by atoms with Crippen molar-refractivity contribution in [1.82, 2.24) is 19.5 Å². The molecule has 6 heteroatoms. The zero-order valence-corrected chi connectivity index (χ0v) is 16.0. The van der Waals surface area contributed by atoms with Gasteiger partial charge in [-0.1, -0.05) is 12.1 Å². The second kappa shape index (κ2) is 6.91. The highest BCUT2D eigenvalue weighted by Gasteiger charge is 2.17. The highest BCUT2D eigenvalue weighted by atomic mass is 16.5. The Kier molecular flexibility index (Phi) is 4.09. The van der Waals surface area contributed by atoms with E-state index in [0.29, 0.717) is 11.3 Å². The van der Waals surface area contributed by atoms with E-state index in [-0.39, 0.29) is 0 Å². The van der Waals surface area contributed by atoms with Crippen LogP contribution in [0, 0.1) is 0 Å². The van der Waals surface area contributed by atoms with E-state index in [1.807, 2.05) is 77.4 Å². The van der Waals surface area contributed by atoms with Gasteiger partial charge < -0.3 is 9.47 Å². The van der Waals surface area contributed by atoms with Crippen LogP contribution in [0.15, 0.2) is 72.8 Å². The predicted molar refractivity (Wildman–Crippen MR) is 113 cm³/mol. The number of hydrogen-bond acceptors (Lipinski definition) is 5. The van der Waals surface area contributed by atoms with Crippen LogP contribution in [0.4, 0.5) is 0 Å². The van der Waals surface area contributed by atoms with Gasteiger partial charge in [0.1, 0.15) is 17.3 Å². The average Bonchev–Trinajstić information content (AvgIpc) is 3.15. The summed E-state index contributed by atoms with van der Waals surface area (Å²) in [6, 6.07) is 23.5. The van der Waals surface area contributed by atoms with Crippen molar-refractivity contribution in [2.24, 2.45) is 0 Å². The maximum absolute atomic E-state index is 5.31. The molecular weight excluding hydrogens is 364 g/mol. The molecule has 142 valence electrons. The Balaban J connectivity index is 1.80. The van der Waals surface area contributed by atoms with Crippen LogP contribution in [0.25, 0.3) is 39.4 Å². The van der Waals surface area contributed by atoms with Crippen molar-refractivity contribution in [2.75, 3.05) is 14.2 Å². The Labute approximate surface area is 167 Å². The number of fused-ring (bicyclic) bond motifs is 2. The Bertz CT molecular complexity index is 1310. The summed E-state index contributed by atoms with van der Waals surface area (Å²) < 4.78 is 12.6. The molecule has 0 radical (unpaired) electrons. The first kappa shape index (κ1) is 17.2. The lowest BCUT2D eigenvalue weighted by atomic mass is 10.2. The fraction of sp³-hybridized carbons (Fsp3) is 0.0870. The van der Waals surface area contributed by atoms with E-state index < -0.39 is 0 Å². The monoisotopic (exact) mass is 382 g/mol. The van der Waals surface area contributed by atoms with Gasteiger partial charge in [0.25, 0.3) is 0 Å². The van der Waals surface area contributed by atoms with E-state index in [1.165, 1.54) is 0 Å². The molecule has 5 aromatic rings. The molecule has 2 aromatic heterocycles. The first-order valence-corrected chi connectivity index (χ1v) is 9.21. The Morgan fingerprint density at radius 2 is 1.24 bits per heavy atom. The second-order valence-corrected chi connectivity index (χ2v) is 6.56. The first-order valence-electron chi connectivity index (χ1n) is 9.21. The number of ether oxygens (including phenoxy) is 2. The maximum atomic E-state index is 5.31. The summed E-state index contributed by atoms with van der Waals surface area (Å²) in [4.78, 5) is 14.4. The maximum Gasteiger partial charge on any atom is 0.199 e. The third kappa shape index (κ3) is 2.95. The van der Waals surface area contributed by atoms with Crippen LogP contribution < -0.4 is 9.47 Å². The van der Waals surface area contributed by atoms with Crippen molar-refractivity contribution in [2.45, 2.75) is 0 Å². The first-order chi connectivity index (χ1) is 14.3. The molecule has 6 nitrogen and oxygen atoms in total. The van der Waals surface area contributed by atoms with Crippen LogP contribution in [0.2, 0.25) is 0 Å². The van der Waals surface area contributed by atoms with E-state index in [0.717, 1.165) is 39.6 Å². The summed E-state index contributed by atoms with van der Waals surface area (Å²) in [7, 11) is 3.31. The van der Waals surface area contributed by atoms with Crippen LogP contribution in [0.5, 0.6) is 11.5 Å². The predicted octanol–water partition coefficient (Wildman–Crippen LogP) is 4.65. The molecule has 0 N–H and O–H groups in total. The molecule has 0 fully saturated rings. The minimum Gasteiger partial charge on any atom is -0.497 e. The molecule has 0 aliphatic rings. The highest BCUT2D eigenvalue weighted by molar-refractivity contribution is 5.86. The van der Waals surface area contributed by atoms with Gasteiger partial charge in [-0.3, -0.25) is 4.57 Å². The van der Waals surface area contributed by atoms with Crippen molar-refractivity contribution in [3.05, 3.63) is 72.8 Å². The Morgan fingerprint density at radius 3 is 1.86 bits per heavy atom. The molecule has 0 saturated carbocycles. The van der Waals surface area contributed by atoms with E-state index in [4.69, 9.17) is 24.4 Å². The molecule has 0 spiro atoms. The molecule has 3 aromatic carbocycles. The van der Waals surface area contributed by atoms with Crippen LogP contribution >= 0.6 is 0 Å². The Morgan fingerprint density at radius 1 is 0.655 bits per heavy atom. The molecule has 5 rings (SSSR count). The largest absolute Gasteiger partial charge is 0.497 e. The topological polar surface area (TPSA) is 62.1 Å². The molecule has 0 bridgehead atoms. The summed E-state index contributed by atoms with van der Waals surface area (Å²) >= 11 is 0. The molecular formula is C23H18N4O2. The van der Waals surface area contributed by atoms with Crippen LogP contribution in [0.3, 0.4) is 0 Å². The van der Waals surface area contributed by atoms with E-state index in [1.54, 1.807) is 14.2 Å². The molecule has 0 atom stereocenters. The number of imidazole rings is 1. The number of methoxy groups -OCH3 is 2. The molecule has 0 aliphatic carbocycles. The minimum atomic E-state index is 0.602. The van der Waals surface area contributed by atoms with Crippen LogP contribution in [-0.4, -0.2) is 33.7 Å². The van der Waals surface area contributed by atoms with Crippen molar-refractivity contribution < 1.29 is 9.47 Å². The van der Waals surface area contributed by atoms with Gasteiger partial charge in [-0.15, -0.1) is 0 Å². The molecule has 29 heavy (non-hydrogen) atoms. The third-order valence-electron chi connectivity index (χ3n) is 4.85. The smallest absolute Gasteiger partial charge is 0.199 e. The Hall–Kier alpha value is -3.93. The quantitative estimate of drug-likeness (QED) is 0.453. The van der Waals surface area contributed by atoms with Gasteiger partial charge in [-0.2, -0.15) is 0 Å². The van der Waals surface area contributed by atoms with Gasteiger partial charge in [0.15, 0.2) is 11.3 Å². The number of benzene rings is 3. The number of rotatable bonds is 4. The fourth-order valence-electron chi connectivity index (χ4n) is 3.37.